The van der Waals surface area contributed by atoms with Gasteiger partial charge in [-0.2, -0.15) is 0 Å². The summed E-state index contributed by atoms with van der Waals surface area (Å²) in [5.41, 5.74) is 2.05. The lowest BCUT2D eigenvalue weighted by molar-refractivity contribution is 0.0913. The molecule has 0 bridgehead atoms. The third-order valence-electron chi connectivity index (χ3n) is 6.00. The second kappa shape index (κ2) is 9.91. The molecule has 2 aliphatic heterocycles. The monoisotopic (exact) mass is 408 g/mol. The average Bonchev–Trinajstić information content (AvgIpc) is 3.31. The minimum atomic E-state index is -0.184. The number of aromatic nitrogens is 1. The van der Waals surface area contributed by atoms with E-state index < -0.39 is 0 Å². The van der Waals surface area contributed by atoms with E-state index in [1.807, 2.05) is 12.1 Å². The van der Waals surface area contributed by atoms with E-state index in [0.29, 0.717) is 12.6 Å². The number of hydrogen-bond acceptors (Lipinski definition) is 5. The minimum Gasteiger partial charge on any atom is -0.357 e. The van der Waals surface area contributed by atoms with E-state index in [0.717, 1.165) is 50.8 Å². The molecule has 160 valence electrons. The molecule has 2 saturated heterocycles. The van der Waals surface area contributed by atoms with Gasteiger partial charge in [0.1, 0.15) is 5.82 Å². The van der Waals surface area contributed by atoms with Gasteiger partial charge in [-0.25, -0.2) is 9.78 Å². The Morgan fingerprint density at radius 1 is 1.07 bits per heavy atom. The molecule has 1 atom stereocenters. The number of likely N-dealkylation sites (N-methyl/N-ethyl adjacent to an activating group) is 1. The molecular formula is C23H32N6O. The van der Waals surface area contributed by atoms with Crippen LogP contribution in [0.3, 0.4) is 0 Å². The topological polar surface area (TPSA) is 63.7 Å². The molecule has 7 heteroatoms. The van der Waals surface area contributed by atoms with Gasteiger partial charge in [0, 0.05) is 51.9 Å². The Morgan fingerprint density at radius 3 is 2.60 bits per heavy atom. The van der Waals surface area contributed by atoms with Crippen LogP contribution in [-0.2, 0) is 0 Å². The molecule has 30 heavy (non-hydrogen) atoms. The highest BCUT2D eigenvalue weighted by atomic mass is 16.2. The highest BCUT2D eigenvalue weighted by molar-refractivity contribution is 5.89. The second-order valence-corrected chi connectivity index (χ2v) is 8.20. The van der Waals surface area contributed by atoms with Crippen molar-refractivity contribution in [2.75, 3.05) is 63.1 Å². The molecule has 0 unspecified atom stereocenters. The number of nitrogens with one attached hydrogen (secondary N) is 2. The van der Waals surface area contributed by atoms with Crippen molar-refractivity contribution in [3.05, 3.63) is 54.2 Å². The summed E-state index contributed by atoms with van der Waals surface area (Å²) in [5, 5.41) is 5.88. The highest BCUT2D eigenvalue weighted by Gasteiger charge is 2.26. The van der Waals surface area contributed by atoms with Crippen LogP contribution in [0.5, 0.6) is 0 Å². The molecule has 0 radical (unpaired) electrons. The Balaban J connectivity index is 1.25. The molecule has 3 heterocycles. The molecule has 2 N–H and O–H groups in total. The van der Waals surface area contributed by atoms with Crippen molar-refractivity contribution in [2.24, 2.45) is 0 Å². The standard InChI is InChI=1S/C23H32N6O/c1-27-15-16-28(21(18-27)19-7-3-2-4-8-19)14-11-24-23(30)26-20-9-10-22(25-17-20)29-12-5-6-13-29/h2-4,7-10,17,21H,5-6,11-16,18H2,1H3,(H2,24,26,30)/t21-/m0/s1. The predicted octanol–water partition coefficient (Wildman–Crippen LogP) is 2.79. The first-order chi connectivity index (χ1) is 14.7. The largest absolute Gasteiger partial charge is 0.357 e. The lowest BCUT2D eigenvalue weighted by Crippen LogP contribution is -2.49. The predicted molar refractivity (Wildman–Crippen MR) is 121 cm³/mol. The Hall–Kier alpha value is -2.64. The third-order valence-corrected chi connectivity index (χ3v) is 6.00. The first-order valence-electron chi connectivity index (χ1n) is 10.9. The first kappa shape index (κ1) is 20.6. The average molecular weight is 409 g/mol. The van der Waals surface area contributed by atoms with Gasteiger partial charge in [-0.3, -0.25) is 4.90 Å². The molecule has 0 saturated carbocycles. The zero-order chi connectivity index (χ0) is 20.8. The van der Waals surface area contributed by atoms with E-state index in [-0.39, 0.29) is 6.03 Å². The van der Waals surface area contributed by atoms with Crippen LogP contribution in [0.25, 0.3) is 0 Å². The fourth-order valence-corrected chi connectivity index (χ4v) is 4.30. The number of rotatable bonds is 6. The molecule has 2 amide bonds. The van der Waals surface area contributed by atoms with Crippen molar-refractivity contribution in [1.29, 1.82) is 0 Å². The number of carbonyl (C=O) groups excluding carboxylic acids is 1. The van der Waals surface area contributed by atoms with Crippen molar-refractivity contribution >= 4 is 17.5 Å². The zero-order valence-electron chi connectivity index (χ0n) is 17.8. The Morgan fingerprint density at radius 2 is 1.87 bits per heavy atom. The van der Waals surface area contributed by atoms with Gasteiger partial charge in [-0.15, -0.1) is 0 Å². The number of piperazine rings is 1. The van der Waals surface area contributed by atoms with E-state index in [9.17, 15) is 4.79 Å². The molecule has 1 aromatic heterocycles. The fourth-order valence-electron chi connectivity index (χ4n) is 4.30. The van der Waals surface area contributed by atoms with Gasteiger partial charge in [0.15, 0.2) is 0 Å². The van der Waals surface area contributed by atoms with Gasteiger partial charge in [0.05, 0.1) is 11.9 Å². The lowest BCUT2D eigenvalue weighted by Gasteiger charge is -2.40. The summed E-state index contributed by atoms with van der Waals surface area (Å²) >= 11 is 0. The summed E-state index contributed by atoms with van der Waals surface area (Å²) in [6.45, 7) is 6.62. The molecule has 4 rings (SSSR count). The molecule has 0 spiro atoms. The summed E-state index contributed by atoms with van der Waals surface area (Å²) in [6.07, 6.45) is 4.18. The minimum absolute atomic E-state index is 0.184. The maximum absolute atomic E-state index is 12.3. The summed E-state index contributed by atoms with van der Waals surface area (Å²) in [4.78, 5) is 23.9. The SMILES string of the molecule is CN1CCN(CCNC(=O)Nc2ccc(N3CCCC3)nc2)[C@H](c2ccccc2)C1. The first-order valence-corrected chi connectivity index (χ1v) is 10.9. The fraction of sp³-hybridized carbons (Fsp3) is 0.478. The summed E-state index contributed by atoms with van der Waals surface area (Å²) in [5.74, 6) is 0.987. The molecule has 1 aromatic carbocycles. The number of amides is 2. The van der Waals surface area contributed by atoms with Crippen LogP contribution < -0.4 is 15.5 Å². The quantitative estimate of drug-likeness (QED) is 0.770. The number of hydrogen-bond donors (Lipinski definition) is 2. The summed E-state index contributed by atoms with van der Waals surface area (Å²) < 4.78 is 0. The van der Waals surface area contributed by atoms with Crippen molar-refractivity contribution in [1.82, 2.24) is 20.1 Å². The van der Waals surface area contributed by atoms with Gasteiger partial charge >= 0.3 is 6.03 Å². The molecule has 7 nitrogen and oxygen atoms in total. The maximum atomic E-state index is 12.3. The van der Waals surface area contributed by atoms with Gasteiger partial charge in [0.2, 0.25) is 0 Å². The van der Waals surface area contributed by atoms with Crippen molar-refractivity contribution in [3.8, 4) is 0 Å². The molecule has 2 aromatic rings. The van der Waals surface area contributed by atoms with Gasteiger partial charge in [-0.05, 0) is 37.6 Å². The normalized spacial score (nSPS) is 20.3. The Kier molecular flexibility index (Phi) is 6.81. The number of nitrogens with zero attached hydrogens (tertiary/aromatic N) is 4. The summed E-state index contributed by atoms with van der Waals surface area (Å²) in [6, 6.07) is 14.7. The number of anilines is 2. The van der Waals surface area contributed by atoms with Gasteiger partial charge in [-0.1, -0.05) is 30.3 Å². The van der Waals surface area contributed by atoms with Crippen LogP contribution in [0.15, 0.2) is 48.7 Å². The van der Waals surface area contributed by atoms with Crippen LogP contribution in [0.4, 0.5) is 16.3 Å². The third kappa shape index (κ3) is 5.29. The number of urea groups is 1. The van der Waals surface area contributed by atoms with Crippen molar-refractivity contribution in [2.45, 2.75) is 18.9 Å². The Labute approximate surface area is 179 Å². The number of carbonyl (C=O) groups is 1. The highest BCUT2D eigenvalue weighted by Crippen LogP contribution is 2.24. The Bertz CT molecular complexity index is 806. The van der Waals surface area contributed by atoms with Crippen LogP contribution in [0.1, 0.15) is 24.4 Å². The number of pyridine rings is 1. The zero-order valence-corrected chi connectivity index (χ0v) is 17.8. The summed E-state index contributed by atoms with van der Waals surface area (Å²) in [7, 11) is 2.17. The van der Waals surface area contributed by atoms with Crippen LogP contribution >= 0.6 is 0 Å². The van der Waals surface area contributed by atoms with E-state index in [1.54, 1.807) is 6.20 Å². The van der Waals surface area contributed by atoms with Crippen LogP contribution in [0.2, 0.25) is 0 Å². The van der Waals surface area contributed by atoms with E-state index in [4.69, 9.17) is 0 Å². The molecule has 2 fully saturated rings. The lowest BCUT2D eigenvalue weighted by atomic mass is 10.0. The maximum Gasteiger partial charge on any atom is 0.319 e. The van der Waals surface area contributed by atoms with Crippen LogP contribution in [-0.4, -0.2) is 73.7 Å². The molecule has 2 aliphatic rings. The molecule has 0 aliphatic carbocycles. The van der Waals surface area contributed by atoms with Crippen molar-refractivity contribution < 1.29 is 4.79 Å². The molecular weight excluding hydrogens is 376 g/mol. The number of benzene rings is 1. The van der Waals surface area contributed by atoms with Crippen LogP contribution in [0, 0.1) is 0 Å². The second-order valence-electron chi connectivity index (χ2n) is 8.20. The van der Waals surface area contributed by atoms with E-state index in [1.165, 1.54) is 18.4 Å². The van der Waals surface area contributed by atoms with Crippen molar-refractivity contribution in [3.63, 3.8) is 0 Å². The smallest absolute Gasteiger partial charge is 0.319 e. The van der Waals surface area contributed by atoms with E-state index >= 15 is 0 Å². The van der Waals surface area contributed by atoms with E-state index in [2.05, 4.69) is 67.7 Å². The van der Waals surface area contributed by atoms with Gasteiger partial charge in [0.25, 0.3) is 0 Å². The van der Waals surface area contributed by atoms with Gasteiger partial charge < -0.3 is 20.4 Å².